The number of nitrogens with zero attached hydrogens (tertiary/aromatic N) is 1. The zero-order valence-electron chi connectivity index (χ0n) is 14.3. The highest BCUT2D eigenvalue weighted by molar-refractivity contribution is 5.96. The Labute approximate surface area is 150 Å². The van der Waals surface area contributed by atoms with E-state index in [1.54, 1.807) is 13.0 Å². The van der Waals surface area contributed by atoms with Crippen LogP contribution in [-0.2, 0) is 0 Å². The van der Waals surface area contributed by atoms with Crippen LogP contribution in [0.3, 0.4) is 0 Å². The summed E-state index contributed by atoms with van der Waals surface area (Å²) in [5, 5.41) is 15.8. The van der Waals surface area contributed by atoms with Crippen LogP contribution in [0, 0.1) is 17.0 Å². The van der Waals surface area contributed by atoms with Gasteiger partial charge in [-0.05, 0) is 24.4 Å². The number of benzene rings is 3. The first-order chi connectivity index (χ1) is 12.6. The van der Waals surface area contributed by atoms with Gasteiger partial charge in [-0.3, -0.25) is 14.9 Å². The number of carbonyl (C=O) groups excluding carboxylic acids is 1. The number of nitrogens with one attached hydrogen (secondary N) is 1. The zero-order chi connectivity index (χ0) is 18.5. The molecule has 1 N–H and O–H groups in total. The lowest BCUT2D eigenvalue weighted by Gasteiger charge is -2.11. The second kappa shape index (κ2) is 7.65. The fourth-order valence-corrected chi connectivity index (χ4v) is 2.81. The number of ether oxygens (including phenoxy) is 1. The van der Waals surface area contributed by atoms with Crippen LogP contribution < -0.4 is 10.1 Å². The van der Waals surface area contributed by atoms with Gasteiger partial charge >= 0.3 is 0 Å². The maximum Gasteiger partial charge on any atom is 0.273 e. The molecule has 0 spiro atoms. The van der Waals surface area contributed by atoms with Gasteiger partial charge in [-0.1, -0.05) is 42.5 Å². The summed E-state index contributed by atoms with van der Waals surface area (Å²) in [5.41, 5.74) is 0.582. The molecule has 132 valence electrons. The van der Waals surface area contributed by atoms with Crippen LogP contribution in [0.25, 0.3) is 10.8 Å². The zero-order valence-corrected chi connectivity index (χ0v) is 14.3. The molecule has 0 unspecified atom stereocenters. The van der Waals surface area contributed by atoms with Gasteiger partial charge in [0, 0.05) is 22.6 Å². The molecule has 0 radical (unpaired) electrons. The lowest BCUT2D eigenvalue weighted by atomic mass is 10.1. The van der Waals surface area contributed by atoms with Gasteiger partial charge in [0.2, 0.25) is 0 Å². The smallest absolute Gasteiger partial charge is 0.273 e. The Morgan fingerprint density at radius 2 is 1.81 bits per heavy atom. The van der Waals surface area contributed by atoms with Gasteiger partial charge in [0.15, 0.2) is 0 Å². The topological polar surface area (TPSA) is 81.5 Å². The first-order valence-electron chi connectivity index (χ1n) is 8.20. The molecule has 26 heavy (non-hydrogen) atoms. The lowest BCUT2D eigenvalue weighted by molar-refractivity contribution is -0.385. The Bertz CT molecular complexity index is 964. The van der Waals surface area contributed by atoms with E-state index >= 15 is 0 Å². The Morgan fingerprint density at radius 1 is 1.08 bits per heavy atom. The monoisotopic (exact) mass is 350 g/mol. The molecule has 6 nitrogen and oxygen atoms in total. The number of rotatable bonds is 6. The molecule has 0 bridgehead atoms. The first-order valence-corrected chi connectivity index (χ1v) is 8.20. The Kier molecular flexibility index (Phi) is 5.12. The largest absolute Gasteiger partial charge is 0.491 e. The highest BCUT2D eigenvalue weighted by atomic mass is 16.6. The second-order valence-electron chi connectivity index (χ2n) is 5.79. The van der Waals surface area contributed by atoms with Crippen molar-refractivity contribution in [2.45, 2.75) is 6.92 Å². The molecule has 3 aromatic carbocycles. The third-order valence-electron chi connectivity index (χ3n) is 4.14. The maximum atomic E-state index is 12.3. The predicted molar refractivity (Wildman–Crippen MR) is 99.6 cm³/mol. The molecule has 0 saturated carbocycles. The highest BCUT2D eigenvalue weighted by Crippen LogP contribution is 2.25. The molecular weight excluding hydrogens is 332 g/mol. The molecular formula is C20H18N2O4. The van der Waals surface area contributed by atoms with Gasteiger partial charge in [0.05, 0.1) is 11.5 Å². The molecule has 0 fully saturated rings. The van der Waals surface area contributed by atoms with Crippen molar-refractivity contribution < 1.29 is 14.5 Å². The Hall–Kier alpha value is -3.41. The van der Waals surface area contributed by atoms with E-state index < -0.39 is 4.92 Å². The molecule has 0 saturated heterocycles. The fourth-order valence-electron chi connectivity index (χ4n) is 2.81. The van der Waals surface area contributed by atoms with Gasteiger partial charge in [0.25, 0.3) is 11.6 Å². The van der Waals surface area contributed by atoms with E-state index in [2.05, 4.69) is 5.32 Å². The van der Waals surface area contributed by atoms with Gasteiger partial charge < -0.3 is 10.1 Å². The van der Waals surface area contributed by atoms with E-state index in [0.29, 0.717) is 24.3 Å². The number of carbonyl (C=O) groups is 1. The van der Waals surface area contributed by atoms with E-state index in [1.165, 1.54) is 12.1 Å². The van der Waals surface area contributed by atoms with Crippen molar-refractivity contribution in [3.05, 3.63) is 81.9 Å². The minimum absolute atomic E-state index is 0.0651. The fraction of sp³-hybridized carbons (Fsp3) is 0.150. The number of nitro groups is 1. The Morgan fingerprint density at radius 3 is 2.62 bits per heavy atom. The molecule has 0 aliphatic carbocycles. The molecule has 3 aromatic rings. The summed E-state index contributed by atoms with van der Waals surface area (Å²) >= 11 is 0. The van der Waals surface area contributed by atoms with Crippen molar-refractivity contribution >= 4 is 22.4 Å². The van der Waals surface area contributed by atoms with Crippen LogP contribution >= 0.6 is 0 Å². The van der Waals surface area contributed by atoms with E-state index in [1.807, 2.05) is 42.5 Å². The summed E-state index contributed by atoms with van der Waals surface area (Å²) in [6, 6.07) is 18.2. The van der Waals surface area contributed by atoms with Crippen LogP contribution in [0.4, 0.5) is 5.69 Å². The SMILES string of the molecule is Cc1c(C(=O)NCCOc2cccc3ccccc23)cccc1[N+](=O)[O-]. The molecule has 0 heterocycles. The maximum absolute atomic E-state index is 12.3. The summed E-state index contributed by atoms with van der Waals surface area (Å²) in [7, 11) is 0. The van der Waals surface area contributed by atoms with Crippen LogP contribution in [0.15, 0.2) is 60.7 Å². The van der Waals surface area contributed by atoms with Crippen molar-refractivity contribution in [1.82, 2.24) is 5.32 Å². The first kappa shape index (κ1) is 17.4. The third-order valence-corrected chi connectivity index (χ3v) is 4.14. The minimum atomic E-state index is -0.490. The van der Waals surface area contributed by atoms with Crippen molar-refractivity contribution in [2.24, 2.45) is 0 Å². The van der Waals surface area contributed by atoms with Gasteiger partial charge in [-0.25, -0.2) is 0 Å². The van der Waals surface area contributed by atoms with Gasteiger partial charge in [-0.15, -0.1) is 0 Å². The summed E-state index contributed by atoms with van der Waals surface area (Å²) in [6.07, 6.45) is 0. The second-order valence-corrected chi connectivity index (χ2v) is 5.79. The highest BCUT2D eigenvalue weighted by Gasteiger charge is 2.17. The number of hydrogen-bond donors (Lipinski definition) is 1. The quantitative estimate of drug-likeness (QED) is 0.416. The van der Waals surface area contributed by atoms with Crippen molar-refractivity contribution in [1.29, 1.82) is 0 Å². The normalized spacial score (nSPS) is 10.5. The predicted octanol–water partition coefficient (Wildman–Crippen LogP) is 3.87. The van der Waals surface area contributed by atoms with E-state index in [0.717, 1.165) is 16.5 Å². The standard InChI is InChI=1S/C20H18N2O4/c1-14-16(9-5-10-18(14)22(24)25)20(23)21-12-13-26-19-11-4-7-15-6-2-3-8-17(15)19/h2-11H,12-13H2,1H3,(H,21,23). The summed E-state index contributed by atoms with van der Waals surface area (Å²) in [4.78, 5) is 22.8. The van der Waals surface area contributed by atoms with Crippen molar-refractivity contribution in [2.75, 3.05) is 13.2 Å². The summed E-state index contributed by atoms with van der Waals surface area (Å²) in [5.74, 6) is 0.400. The van der Waals surface area contributed by atoms with Crippen molar-refractivity contribution in [3.8, 4) is 5.75 Å². The molecule has 6 heteroatoms. The van der Waals surface area contributed by atoms with E-state index in [9.17, 15) is 14.9 Å². The van der Waals surface area contributed by atoms with Crippen molar-refractivity contribution in [3.63, 3.8) is 0 Å². The molecule has 0 atom stereocenters. The van der Waals surface area contributed by atoms with Crippen LogP contribution in [0.2, 0.25) is 0 Å². The number of nitro benzene ring substituents is 1. The van der Waals surface area contributed by atoms with Gasteiger partial charge in [-0.2, -0.15) is 0 Å². The van der Waals surface area contributed by atoms with Crippen LogP contribution in [-0.4, -0.2) is 24.0 Å². The number of amides is 1. The average molecular weight is 350 g/mol. The third kappa shape index (κ3) is 3.64. The average Bonchev–Trinajstić information content (AvgIpc) is 2.65. The van der Waals surface area contributed by atoms with E-state index in [4.69, 9.17) is 4.74 Å². The molecule has 0 aliphatic heterocycles. The van der Waals surface area contributed by atoms with E-state index in [-0.39, 0.29) is 11.6 Å². The number of fused-ring (bicyclic) bond motifs is 1. The minimum Gasteiger partial charge on any atom is -0.491 e. The molecule has 1 amide bonds. The number of hydrogen-bond acceptors (Lipinski definition) is 4. The molecule has 0 aliphatic rings. The summed E-state index contributed by atoms with van der Waals surface area (Å²) in [6.45, 7) is 2.16. The molecule has 0 aromatic heterocycles. The van der Waals surface area contributed by atoms with Crippen LogP contribution in [0.5, 0.6) is 5.75 Å². The lowest BCUT2D eigenvalue weighted by Crippen LogP contribution is -2.28. The van der Waals surface area contributed by atoms with Crippen LogP contribution in [0.1, 0.15) is 15.9 Å². The Balaban J connectivity index is 1.61. The van der Waals surface area contributed by atoms with Gasteiger partial charge in [0.1, 0.15) is 12.4 Å². The molecule has 3 rings (SSSR count). The summed E-state index contributed by atoms with van der Waals surface area (Å²) < 4.78 is 5.77.